The van der Waals surface area contributed by atoms with E-state index in [9.17, 15) is 18.0 Å². The summed E-state index contributed by atoms with van der Waals surface area (Å²) < 4.78 is 28.8. The molecule has 1 N–H and O–H groups in total. The van der Waals surface area contributed by atoms with Crippen LogP contribution in [0.15, 0.2) is 33.6 Å². The number of likely N-dealkylation sites (tertiary alicyclic amines) is 2. The van der Waals surface area contributed by atoms with Gasteiger partial charge in [-0.3, -0.25) is 9.59 Å². The number of hydrogen-bond acceptors (Lipinski definition) is 5. The van der Waals surface area contributed by atoms with Crippen LogP contribution in [0.4, 0.5) is 0 Å². The lowest BCUT2D eigenvalue weighted by molar-refractivity contribution is -0.138. The predicted molar refractivity (Wildman–Crippen MR) is 129 cm³/mol. The number of hydrogen-bond donors (Lipinski definition) is 1. The van der Waals surface area contributed by atoms with Gasteiger partial charge in [0.25, 0.3) is 10.0 Å². The molecule has 3 aliphatic heterocycles. The highest BCUT2D eigenvalue weighted by atomic mass is 32.2. The topological polar surface area (TPSA) is 99.2 Å². The van der Waals surface area contributed by atoms with Crippen molar-refractivity contribution < 1.29 is 18.0 Å². The average Bonchev–Trinajstić information content (AvgIpc) is 3.15. The van der Waals surface area contributed by atoms with Gasteiger partial charge in [-0.15, -0.1) is 4.40 Å². The van der Waals surface area contributed by atoms with E-state index in [-0.39, 0.29) is 34.6 Å². The second-order valence-electron chi connectivity index (χ2n) is 10.1. The zero-order chi connectivity index (χ0) is 23.7. The lowest BCUT2D eigenvalue weighted by Gasteiger charge is -2.38. The van der Waals surface area contributed by atoms with Gasteiger partial charge in [0, 0.05) is 49.6 Å². The Balaban J connectivity index is 1.11. The molecule has 34 heavy (non-hydrogen) atoms. The van der Waals surface area contributed by atoms with Crippen LogP contribution >= 0.6 is 0 Å². The molecule has 3 heterocycles. The van der Waals surface area contributed by atoms with Crippen LogP contribution in [0, 0.1) is 11.8 Å². The number of amides is 2. The zero-order valence-corrected chi connectivity index (χ0v) is 20.4. The summed E-state index contributed by atoms with van der Waals surface area (Å²) >= 11 is 0. The molecule has 0 bridgehead atoms. The molecule has 3 fully saturated rings. The minimum absolute atomic E-state index is 0.0431. The van der Waals surface area contributed by atoms with Gasteiger partial charge in [0.2, 0.25) is 11.8 Å². The summed E-state index contributed by atoms with van der Waals surface area (Å²) in [5.74, 6) is 1.04. The Kier molecular flexibility index (Phi) is 6.64. The first-order valence-electron chi connectivity index (χ1n) is 12.7. The Morgan fingerprint density at radius 3 is 2.24 bits per heavy atom. The minimum atomic E-state index is -3.63. The molecule has 0 unspecified atom stereocenters. The Labute approximate surface area is 201 Å². The normalized spacial score (nSPS) is 23.9. The highest BCUT2D eigenvalue weighted by molar-refractivity contribution is 7.90. The number of sulfonamides is 1. The fraction of sp³-hybridized carbons (Fsp3) is 0.640. The van der Waals surface area contributed by atoms with Crippen LogP contribution in [0.3, 0.4) is 0 Å². The van der Waals surface area contributed by atoms with Crippen molar-refractivity contribution in [2.24, 2.45) is 16.2 Å². The van der Waals surface area contributed by atoms with Crippen LogP contribution in [-0.4, -0.2) is 68.1 Å². The number of amidine groups is 1. The Morgan fingerprint density at radius 2 is 1.53 bits per heavy atom. The van der Waals surface area contributed by atoms with E-state index in [1.807, 2.05) is 15.9 Å². The Bertz CT molecular complexity index is 1060. The molecule has 8 nitrogen and oxygen atoms in total. The van der Waals surface area contributed by atoms with Crippen molar-refractivity contribution in [1.29, 1.82) is 0 Å². The molecule has 1 aliphatic carbocycles. The van der Waals surface area contributed by atoms with E-state index in [4.69, 9.17) is 0 Å². The molecular weight excluding hydrogens is 452 g/mol. The molecule has 0 spiro atoms. The summed E-state index contributed by atoms with van der Waals surface area (Å²) in [6.07, 6.45) is 8.57. The Morgan fingerprint density at radius 1 is 0.853 bits per heavy atom. The molecular formula is C25H34N4O4S. The second kappa shape index (κ2) is 9.68. The smallest absolute Gasteiger partial charge is 0.285 e. The van der Waals surface area contributed by atoms with E-state index in [1.165, 1.54) is 6.42 Å². The van der Waals surface area contributed by atoms with E-state index in [1.54, 1.807) is 18.2 Å². The van der Waals surface area contributed by atoms with Gasteiger partial charge in [0.15, 0.2) is 5.84 Å². The second-order valence-corrected chi connectivity index (χ2v) is 11.7. The minimum Gasteiger partial charge on any atom is -0.355 e. The molecule has 0 aromatic heterocycles. The van der Waals surface area contributed by atoms with Gasteiger partial charge in [-0.2, -0.15) is 8.42 Å². The summed E-state index contributed by atoms with van der Waals surface area (Å²) in [4.78, 5) is 29.9. The molecule has 1 saturated carbocycles. The third-order valence-corrected chi connectivity index (χ3v) is 9.21. The number of piperidine rings is 2. The summed E-state index contributed by atoms with van der Waals surface area (Å²) in [6, 6.07) is 7.10. The number of carbonyl (C=O) groups is 2. The van der Waals surface area contributed by atoms with Crippen molar-refractivity contribution in [2.75, 3.05) is 26.2 Å². The lowest BCUT2D eigenvalue weighted by atomic mass is 9.88. The maximum absolute atomic E-state index is 13.2. The van der Waals surface area contributed by atoms with E-state index in [0.717, 1.165) is 38.5 Å². The number of carbonyl (C=O) groups excluding carboxylic acids is 2. The molecule has 184 valence electrons. The van der Waals surface area contributed by atoms with Crippen LogP contribution in [0.1, 0.15) is 63.4 Å². The van der Waals surface area contributed by atoms with Crippen molar-refractivity contribution in [1.82, 2.24) is 15.1 Å². The largest absolute Gasteiger partial charge is 0.355 e. The highest BCUT2D eigenvalue weighted by Crippen LogP contribution is 2.30. The van der Waals surface area contributed by atoms with Crippen LogP contribution in [-0.2, 0) is 19.6 Å². The number of benzene rings is 1. The molecule has 2 amide bonds. The maximum atomic E-state index is 13.2. The molecule has 0 radical (unpaired) electrons. The van der Waals surface area contributed by atoms with Gasteiger partial charge >= 0.3 is 0 Å². The van der Waals surface area contributed by atoms with Crippen molar-refractivity contribution in [3.05, 3.63) is 29.8 Å². The first-order valence-corrected chi connectivity index (χ1v) is 14.1. The van der Waals surface area contributed by atoms with Gasteiger partial charge < -0.3 is 15.1 Å². The first kappa shape index (κ1) is 23.3. The molecule has 4 aliphatic rings. The van der Waals surface area contributed by atoms with Gasteiger partial charge in [-0.25, -0.2) is 0 Å². The highest BCUT2D eigenvalue weighted by Gasteiger charge is 2.36. The SMILES string of the molecule is O=C(NC1CCN(C(=O)C2CCN(C3=NS(=O)(=O)c4ccccc43)CC2)CC1)C1CCCCC1. The molecule has 1 aromatic carbocycles. The third kappa shape index (κ3) is 4.72. The van der Waals surface area contributed by atoms with E-state index in [0.29, 0.717) is 50.4 Å². The first-order chi connectivity index (χ1) is 16.4. The maximum Gasteiger partial charge on any atom is 0.285 e. The Hall–Kier alpha value is -2.42. The van der Waals surface area contributed by atoms with Gasteiger partial charge in [-0.1, -0.05) is 31.4 Å². The lowest BCUT2D eigenvalue weighted by Crippen LogP contribution is -2.50. The van der Waals surface area contributed by atoms with Gasteiger partial charge in [0.05, 0.1) is 0 Å². The molecule has 2 saturated heterocycles. The predicted octanol–water partition coefficient (Wildman–Crippen LogP) is 2.54. The molecule has 9 heteroatoms. The van der Waals surface area contributed by atoms with Crippen LogP contribution < -0.4 is 5.32 Å². The fourth-order valence-electron chi connectivity index (χ4n) is 5.84. The number of fused-ring (bicyclic) bond motifs is 1. The van der Waals surface area contributed by atoms with Crippen LogP contribution in [0.5, 0.6) is 0 Å². The summed E-state index contributed by atoms with van der Waals surface area (Å²) in [5.41, 5.74) is 0.657. The third-order valence-electron chi connectivity index (χ3n) is 7.89. The molecule has 5 rings (SSSR count). The zero-order valence-electron chi connectivity index (χ0n) is 19.6. The quantitative estimate of drug-likeness (QED) is 0.708. The van der Waals surface area contributed by atoms with E-state index >= 15 is 0 Å². The van der Waals surface area contributed by atoms with Gasteiger partial charge in [0.1, 0.15) is 4.90 Å². The number of nitrogens with zero attached hydrogens (tertiary/aromatic N) is 3. The summed E-state index contributed by atoms with van der Waals surface area (Å²) in [7, 11) is -3.63. The monoisotopic (exact) mass is 486 g/mol. The van der Waals surface area contributed by atoms with Crippen molar-refractivity contribution in [2.45, 2.75) is 68.7 Å². The van der Waals surface area contributed by atoms with Crippen LogP contribution in [0.25, 0.3) is 0 Å². The molecule has 1 aromatic rings. The van der Waals surface area contributed by atoms with Gasteiger partial charge in [-0.05, 0) is 50.7 Å². The van der Waals surface area contributed by atoms with Crippen molar-refractivity contribution >= 4 is 27.7 Å². The number of rotatable bonds is 3. The fourth-order valence-corrected chi connectivity index (χ4v) is 7.07. The van der Waals surface area contributed by atoms with Crippen LogP contribution in [0.2, 0.25) is 0 Å². The average molecular weight is 487 g/mol. The van der Waals surface area contributed by atoms with E-state index in [2.05, 4.69) is 9.71 Å². The number of nitrogens with one attached hydrogen (secondary N) is 1. The summed E-state index contributed by atoms with van der Waals surface area (Å²) in [5, 5.41) is 3.23. The van der Waals surface area contributed by atoms with Crippen molar-refractivity contribution in [3.63, 3.8) is 0 Å². The summed E-state index contributed by atoms with van der Waals surface area (Å²) in [6.45, 7) is 2.61. The standard InChI is InChI=1S/C25H34N4O4S/c30-24(18-6-2-1-3-7-18)26-20-12-16-29(17-13-20)25(31)19-10-14-28(15-11-19)23-21-8-4-5-9-22(21)34(32,33)27-23/h4-5,8-9,18-20H,1-3,6-7,10-17H2,(H,26,30). The van der Waals surface area contributed by atoms with E-state index < -0.39 is 10.0 Å². The van der Waals surface area contributed by atoms with Crippen molar-refractivity contribution in [3.8, 4) is 0 Å². The molecule has 0 atom stereocenters.